The minimum absolute atomic E-state index is 0.172. The molecule has 116 valence electrons. The molecular weight excluding hydrogens is 282 g/mol. The highest BCUT2D eigenvalue weighted by molar-refractivity contribution is 5.88. The average molecular weight is 301 g/mol. The maximum Gasteiger partial charge on any atom is 0.360 e. The lowest BCUT2D eigenvalue weighted by molar-refractivity contribution is 0.0514. The summed E-state index contributed by atoms with van der Waals surface area (Å²) < 4.78 is 16.1. The normalized spacial score (nSPS) is 14.4. The first-order valence-electron chi connectivity index (χ1n) is 7.64. The third kappa shape index (κ3) is 3.13. The lowest BCUT2D eigenvalue weighted by Crippen LogP contribution is -2.19. The van der Waals surface area contributed by atoms with E-state index in [0.717, 1.165) is 17.9 Å². The van der Waals surface area contributed by atoms with E-state index in [4.69, 9.17) is 14.0 Å². The Hall–Kier alpha value is -2.30. The van der Waals surface area contributed by atoms with E-state index in [2.05, 4.69) is 5.16 Å². The molecule has 0 amide bonds. The molecule has 1 aromatic carbocycles. The van der Waals surface area contributed by atoms with Crippen molar-refractivity contribution in [2.45, 2.75) is 26.2 Å². The van der Waals surface area contributed by atoms with Gasteiger partial charge in [-0.25, -0.2) is 4.79 Å². The van der Waals surface area contributed by atoms with Gasteiger partial charge in [0.25, 0.3) is 0 Å². The highest BCUT2D eigenvalue weighted by atomic mass is 16.5. The molecule has 1 aromatic heterocycles. The number of para-hydroxylation sites is 1. The van der Waals surface area contributed by atoms with Crippen molar-refractivity contribution in [3.63, 3.8) is 0 Å². The molecule has 22 heavy (non-hydrogen) atoms. The SMILES string of the molecule is CCOC(=O)c1cc(-c2ccccc2OCC2CCC2)on1. The highest BCUT2D eigenvalue weighted by Crippen LogP contribution is 2.33. The summed E-state index contributed by atoms with van der Waals surface area (Å²) in [6.45, 7) is 2.78. The van der Waals surface area contributed by atoms with Crippen LogP contribution >= 0.6 is 0 Å². The maximum atomic E-state index is 11.7. The Kier molecular flexibility index (Phi) is 4.42. The Morgan fingerprint density at radius 1 is 1.36 bits per heavy atom. The van der Waals surface area contributed by atoms with Crippen molar-refractivity contribution in [1.29, 1.82) is 0 Å². The second kappa shape index (κ2) is 6.64. The van der Waals surface area contributed by atoms with Crippen LogP contribution in [0.15, 0.2) is 34.9 Å². The summed E-state index contributed by atoms with van der Waals surface area (Å²) in [6.07, 6.45) is 3.76. The number of carbonyl (C=O) groups excluding carboxylic acids is 1. The number of esters is 1. The number of hydrogen-bond donors (Lipinski definition) is 0. The molecule has 0 radical (unpaired) electrons. The number of nitrogens with zero attached hydrogens (tertiary/aromatic N) is 1. The predicted molar refractivity (Wildman–Crippen MR) is 80.7 cm³/mol. The molecule has 2 aromatic rings. The summed E-state index contributed by atoms with van der Waals surface area (Å²) in [5.41, 5.74) is 0.968. The van der Waals surface area contributed by atoms with Crippen molar-refractivity contribution >= 4 is 5.97 Å². The minimum Gasteiger partial charge on any atom is -0.493 e. The van der Waals surface area contributed by atoms with E-state index < -0.39 is 5.97 Å². The first-order valence-corrected chi connectivity index (χ1v) is 7.64. The van der Waals surface area contributed by atoms with Gasteiger partial charge < -0.3 is 14.0 Å². The zero-order chi connectivity index (χ0) is 15.4. The molecule has 1 aliphatic carbocycles. The Labute approximate surface area is 129 Å². The summed E-state index contributed by atoms with van der Waals surface area (Å²) in [5, 5.41) is 3.77. The van der Waals surface area contributed by atoms with Crippen LogP contribution < -0.4 is 4.74 Å². The van der Waals surface area contributed by atoms with Gasteiger partial charge in [-0.3, -0.25) is 0 Å². The van der Waals surface area contributed by atoms with Crippen molar-refractivity contribution < 1.29 is 18.8 Å². The predicted octanol–water partition coefficient (Wildman–Crippen LogP) is 3.70. The molecule has 1 heterocycles. The van der Waals surface area contributed by atoms with Crippen LogP contribution in [0.25, 0.3) is 11.3 Å². The van der Waals surface area contributed by atoms with Crippen molar-refractivity contribution in [3.8, 4) is 17.1 Å². The topological polar surface area (TPSA) is 61.6 Å². The fourth-order valence-electron chi connectivity index (χ4n) is 2.37. The molecule has 0 N–H and O–H groups in total. The Morgan fingerprint density at radius 3 is 2.91 bits per heavy atom. The van der Waals surface area contributed by atoms with Gasteiger partial charge in [0.05, 0.1) is 18.8 Å². The van der Waals surface area contributed by atoms with Crippen molar-refractivity contribution in [3.05, 3.63) is 36.0 Å². The smallest absolute Gasteiger partial charge is 0.360 e. The monoisotopic (exact) mass is 301 g/mol. The average Bonchev–Trinajstić information content (AvgIpc) is 2.96. The fourth-order valence-corrected chi connectivity index (χ4v) is 2.37. The van der Waals surface area contributed by atoms with Gasteiger partial charge in [0, 0.05) is 6.07 Å². The number of aromatic nitrogens is 1. The molecule has 0 aliphatic heterocycles. The van der Waals surface area contributed by atoms with Crippen LogP contribution in [0.1, 0.15) is 36.7 Å². The fraction of sp³-hybridized carbons (Fsp3) is 0.412. The number of benzene rings is 1. The van der Waals surface area contributed by atoms with Crippen molar-refractivity contribution in [1.82, 2.24) is 5.16 Å². The van der Waals surface area contributed by atoms with E-state index in [1.54, 1.807) is 13.0 Å². The van der Waals surface area contributed by atoms with Gasteiger partial charge in [0.15, 0.2) is 11.5 Å². The van der Waals surface area contributed by atoms with E-state index in [-0.39, 0.29) is 5.69 Å². The molecular formula is C17H19NO4. The molecule has 1 aliphatic rings. The Bertz CT molecular complexity index is 646. The number of hydrogen-bond acceptors (Lipinski definition) is 5. The van der Waals surface area contributed by atoms with Crippen LogP contribution in [0.2, 0.25) is 0 Å². The Morgan fingerprint density at radius 2 is 2.18 bits per heavy atom. The van der Waals surface area contributed by atoms with E-state index in [0.29, 0.717) is 18.3 Å². The molecule has 0 saturated heterocycles. The second-order valence-electron chi connectivity index (χ2n) is 5.40. The van der Waals surface area contributed by atoms with Crippen LogP contribution in [0.4, 0.5) is 0 Å². The number of ether oxygens (including phenoxy) is 2. The molecule has 0 bridgehead atoms. The quantitative estimate of drug-likeness (QED) is 0.761. The lowest BCUT2D eigenvalue weighted by atomic mass is 9.86. The molecule has 3 rings (SSSR count). The standard InChI is InChI=1S/C17H19NO4/c1-2-20-17(19)14-10-16(22-18-14)13-8-3-4-9-15(13)21-11-12-6-5-7-12/h3-4,8-10,12H,2,5-7,11H2,1H3. The summed E-state index contributed by atoms with van der Waals surface area (Å²) in [5.74, 6) is 1.43. The van der Waals surface area contributed by atoms with E-state index >= 15 is 0 Å². The van der Waals surface area contributed by atoms with Gasteiger partial charge in [0.2, 0.25) is 0 Å². The van der Waals surface area contributed by atoms with Crippen LogP contribution in [0.3, 0.4) is 0 Å². The van der Waals surface area contributed by atoms with Crippen LogP contribution in [-0.4, -0.2) is 24.3 Å². The summed E-state index contributed by atoms with van der Waals surface area (Å²) in [6, 6.07) is 9.20. The van der Waals surface area contributed by atoms with Crippen LogP contribution in [0, 0.1) is 5.92 Å². The molecule has 0 unspecified atom stereocenters. The zero-order valence-electron chi connectivity index (χ0n) is 12.6. The third-order valence-electron chi connectivity index (χ3n) is 3.85. The number of rotatable bonds is 6. The second-order valence-corrected chi connectivity index (χ2v) is 5.40. The van der Waals surface area contributed by atoms with Crippen molar-refractivity contribution in [2.75, 3.05) is 13.2 Å². The largest absolute Gasteiger partial charge is 0.493 e. The van der Waals surface area contributed by atoms with Gasteiger partial charge in [-0.15, -0.1) is 0 Å². The van der Waals surface area contributed by atoms with Crippen molar-refractivity contribution in [2.24, 2.45) is 5.92 Å². The van der Waals surface area contributed by atoms with Crippen LogP contribution in [0.5, 0.6) is 5.75 Å². The summed E-state index contributed by atoms with van der Waals surface area (Å²) in [7, 11) is 0. The van der Waals surface area contributed by atoms with Gasteiger partial charge >= 0.3 is 5.97 Å². The minimum atomic E-state index is -0.481. The molecule has 5 heteroatoms. The Balaban J connectivity index is 1.77. The molecule has 1 saturated carbocycles. The van der Waals surface area contributed by atoms with E-state index in [1.807, 2.05) is 24.3 Å². The first-order chi connectivity index (χ1) is 10.8. The molecule has 0 atom stereocenters. The highest BCUT2D eigenvalue weighted by Gasteiger charge is 2.20. The van der Waals surface area contributed by atoms with Gasteiger partial charge in [0.1, 0.15) is 5.75 Å². The lowest BCUT2D eigenvalue weighted by Gasteiger charge is -2.25. The first kappa shape index (κ1) is 14.6. The molecule has 1 fully saturated rings. The molecule has 5 nitrogen and oxygen atoms in total. The summed E-state index contributed by atoms with van der Waals surface area (Å²) in [4.78, 5) is 11.7. The van der Waals surface area contributed by atoms with Gasteiger partial charge in [-0.2, -0.15) is 0 Å². The number of carbonyl (C=O) groups is 1. The van der Waals surface area contributed by atoms with E-state index in [1.165, 1.54) is 19.3 Å². The molecule has 0 spiro atoms. The zero-order valence-corrected chi connectivity index (χ0v) is 12.6. The van der Waals surface area contributed by atoms with Crippen LogP contribution in [-0.2, 0) is 4.74 Å². The van der Waals surface area contributed by atoms with Gasteiger partial charge in [-0.1, -0.05) is 23.7 Å². The third-order valence-corrected chi connectivity index (χ3v) is 3.85. The summed E-state index contributed by atoms with van der Waals surface area (Å²) >= 11 is 0. The van der Waals surface area contributed by atoms with E-state index in [9.17, 15) is 4.79 Å². The van der Waals surface area contributed by atoms with Gasteiger partial charge in [-0.05, 0) is 37.8 Å². The maximum absolute atomic E-state index is 11.7.